The molecule has 1 aromatic carbocycles. The van der Waals surface area contributed by atoms with E-state index in [1.807, 2.05) is 20.8 Å². The highest BCUT2D eigenvalue weighted by Crippen LogP contribution is 2.39. The summed E-state index contributed by atoms with van der Waals surface area (Å²) in [4.78, 5) is 14.7. The summed E-state index contributed by atoms with van der Waals surface area (Å²) >= 11 is 0. The maximum atomic E-state index is 13.0. The number of hydrogen-bond donors (Lipinski definition) is 0. The second-order valence-corrected chi connectivity index (χ2v) is 9.11. The van der Waals surface area contributed by atoms with E-state index in [9.17, 15) is 13.2 Å². The van der Waals surface area contributed by atoms with Crippen molar-refractivity contribution in [2.45, 2.75) is 45.8 Å². The van der Waals surface area contributed by atoms with E-state index >= 15 is 0 Å². The highest BCUT2D eigenvalue weighted by Gasteiger charge is 2.31. The lowest BCUT2D eigenvalue weighted by Crippen LogP contribution is -2.42. The Morgan fingerprint density at radius 3 is 1.89 bits per heavy atom. The van der Waals surface area contributed by atoms with Gasteiger partial charge < -0.3 is 19.1 Å². The van der Waals surface area contributed by atoms with Crippen LogP contribution in [-0.4, -0.2) is 63.1 Å². The molecule has 1 fully saturated rings. The first kappa shape index (κ1) is 22.3. The molecule has 0 unspecified atom stereocenters. The van der Waals surface area contributed by atoms with Gasteiger partial charge in [-0.1, -0.05) is 6.92 Å². The highest BCUT2D eigenvalue weighted by atomic mass is 32.2. The monoisotopic (exact) mass is 413 g/mol. The summed E-state index contributed by atoms with van der Waals surface area (Å²) in [5.41, 5.74) is 0.451. The second-order valence-electron chi connectivity index (χ2n) is 6.54. The summed E-state index contributed by atoms with van der Waals surface area (Å²) in [6, 6.07) is 3.35. The van der Waals surface area contributed by atoms with Gasteiger partial charge in [-0.25, -0.2) is 8.42 Å². The Balaban J connectivity index is 2.25. The van der Waals surface area contributed by atoms with E-state index in [2.05, 4.69) is 0 Å². The standard InChI is InChI=1S/C20H31NO6S/c1-5-25-17-13-15(14-18(26-6-2)19(17)27-7-3)20(22)21-11-9-16(10-12-21)28(23,24)8-4/h13-14,16H,5-12H2,1-4H3. The number of amides is 1. The molecule has 0 aliphatic carbocycles. The van der Waals surface area contributed by atoms with Gasteiger partial charge in [-0.05, 0) is 45.7 Å². The molecular formula is C20H31NO6S. The van der Waals surface area contributed by atoms with Crippen LogP contribution in [-0.2, 0) is 9.84 Å². The number of carbonyl (C=O) groups is 1. The average molecular weight is 414 g/mol. The molecule has 0 aromatic heterocycles. The van der Waals surface area contributed by atoms with Crippen molar-refractivity contribution in [3.8, 4) is 17.2 Å². The van der Waals surface area contributed by atoms with Crippen molar-refractivity contribution in [2.24, 2.45) is 0 Å². The Morgan fingerprint density at radius 2 is 1.46 bits per heavy atom. The molecule has 0 atom stereocenters. The summed E-state index contributed by atoms with van der Waals surface area (Å²) in [5.74, 6) is 1.43. The number of carbonyl (C=O) groups excluding carboxylic acids is 1. The number of sulfone groups is 1. The SMILES string of the molecule is CCOc1cc(C(=O)N2CCC(S(=O)(=O)CC)CC2)cc(OCC)c1OCC. The van der Waals surface area contributed by atoms with Gasteiger partial charge in [-0.3, -0.25) is 4.79 Å². The van der Waals surface area contributed by atoms with E-state index in [1.165, 1.54) is 0 Å². The van der Waals surface area contributed by atoms with Gasteiger partial charge >= 0.3 is 0 Å². The lowest BCUT2D eigenvalue weighted by Gasteiger charge is -2.32. The van der Waals surface area contributed by atoms with Crippen molar-refractivity contribution in [2.75, 3.05) is 38.7 Å². The van der Waals surface area contributed by atoms with Crippen LogP contribution < -0.4 is 14.2 Å². The Morgan fingerprint density at radius 1 is 0.964 bits per heavy atom. The maximum Gasteiger partial charge on any atom is 0.254 e. The first-order valence-corrected chi connectivity index (χ1v) is 11.7. The second kappa shape index (κ2) is 10.0. The van der Waals surface area contributed by atoms with E-state index in [4.69, 9.17) is 14.2 Å². The lowest BCUT2D eigenvalue weighted by molar-refractivity contribution is 0.0724. The van der Waals surface area contributed by atoms with Gasteiger partial charge in [0.2, 0.25) is 5.75 Å². The summed E-state index contributed by atoms with van der Waals surface area (Å²) < 4.78 is 41.2. The van der Waals surface area contributed by atoms with Crippen LogP contribution in [0.5, 0.6) is 17.2 Å². The number of ether oxygens (including phenoxy) is 3. The Labute approximate surface area is 167 Å². The fourth-order valence-corrected chi connectivity index (χ4v) is 4.75. The molecule has 1 saturated heterocycles. The zero-order valence-corrected chi connectivity index (χ0v) is 18.0. The third-order valence-corrected chi connectivity index (χ3v) is 7.09. The number of benzene rings is 1. The fourth-order valence-electron chi connectivity index (χ4n) is 3.35. The van der Waals surface area contributed by atoms with Crippen LogP contribution in [0.1, 0.15) is 50.9 Å². The van der Waals surface area contributed by atoms with Crippen LogP contribution in [0.3, 0.4) is 0 Å². The predicted octanol–water partition coefficient (Wildman–Crippen LogP) is 2.92. The smallest absolute Gasteiger partial charge is 0.254 e. The molecule has 2 rings (SSSR count). The van der Waals surface area contributed by atoms with E-state index in [1.54, 1.807) is 24.0 Å². The minimum Gasteiger partial charge on any atom is -0.490 e. The molecule has 1 aromatic rings. The zero-order valence-electron chi connectivity index (χ0n) is 17.2. The number of rotatable bonds is 9. The molecule has 1 aliphatic rings. The van der Waals surface area contributed by atoms with Gasteiger partial charge in [0.25, 0.3) is 5.91 Å². The van der Waals surface area contributed by atoms with Crippen molar-refractivity contribution in [1.29, 1.82) is 0 Å². The van der Waals surface area contributed by atoms with Gasteiger partial charge in [0.05, 0.1) is 25.1 Å². The molecule has 1 aliphatic heterocycles. The van der Waals surface area contributed by atoms with Crippen LogP contribution in [0.2, 0.25) is 0 Å². The van der Waals surface area contributed by atoms with E-state index < -0.39 is 9.84 Å². The molecule has 0 bridgehead atoms. The minimum atomic E-state index is -3.07. The number of nitrogens with zero attached hydrogens (tertiary/aromatic N) is 1. The summed E-state index contributed by atoms with van der Waals surface area (Å²) in [7, 11) is -3.07. The van der Waals surface area contributed by atoms with Gasteiger partial charge in [0.15, 0.2) is 21.3 Å². The van der Waals surface area contributed by atoms with E-state index in [0.717, 1.165) is 0 Å². The number of piperidine rings is 1. The lowest BCUT2D eigenvalue weighted by atomic mass is 10.1. The molecule has 0 spiro atoms. The normalized spacial score (nSPS) is 15.4. The van der Waals surface area contributed by atoms with Crippen molar-refractivity contribution in [1.82, 2.24) is 4.90 Å². The Hall–Kier alpha value is -1.96. The molecular weight excluding hydrogens is 382 g/mol. The molecule has 1 heterocycles. The Kier molecular flexibility index (Phi) is 7.98. The summed E-state index contributed by atoms with van der Waals surface area (Å²) in [6.45, 7) is 9.43. The molecule has 0 N–H and O–H groups in total. The quantitative estimate of drug-likeness (QED) is 0.619. The minimum absolute atomic E-state index is 0.139. The molecule has 8 heteroatoms. The molecule has 0 radical (unpaired) electrons. The topological polar surface area (TPSA) is 82.1 Å². The maximum absolute atomic E-state index is 13.0. The average Bonchev–Trinajstić information content (AvgIpc) is 2.70. The van der Waals surface area contributed by atoms with Gasteiger partial charge in [0, 0.05) is 24.4 Å². The zero-order chi connectivity index (χ0) is 20.7. The first-order valence-electron chi connectivity index (χ1n) is 9.95. The van der Waals surface area contributed by atoms with Crippen molar-refractivity contribution >= 4 is 15.7 Å². The molecule has 28 heavy (non-hydrogen) atoms. The van der Waals surface area contributed by atoms with Gasteiger partial charge in [-0.2, -0.15) is 0 Å². The van der Waals surface area contributed by atoms with E-state index in [-0.39, 0.29) is 16.9 Å². The van der Waals surface area contributed by atoms with Crippen LogP contribution in [0.25, 0.3) is 0 Å². The molecule has 1 amide bonds. The Bertz CT molecular complexity index is 742. The van der Waals surface area contributed by atoms with Crippen LogP contribution in [0, 0.1) is 0 Å². The van der Waals surface area contributed by atoms with Crippen molar-refractivity contribution in [3.05, 3.63) is 17.7 Å². The van der Waals surface area contributed by atoms with Gasteiger partial charge in [0.1, 0.15) is 0 Å². The third-order valence-electron chi connectivity index (χ3n) is 4.80. The van der Waals surface area contributed by atoms with Crippen LogP contribution in [0.4, 0.5) is 0 Å². The van der Waals surface area contributed by atoms with Gasteiger partial charge in [-0.15, -0.1) is 0 Å². The first-order chi connectivity index (χ1) is 13.4. The third kappa shape index (κ3) is 5.10. The van der Waals surface area contributed by atoms with Crippen LogP contribution >= 0.6 is 0 Å². The number of hydrogen-bond acceptors (Lipinski definition) is 6. The molecule has 158 valence electrons. The van der Waals surface area contributed by atoms with Crippen molar-refractivity contribution in [3.63, 3.8) is 0 Å². The molecule has 7 nitrogen and oxygen atoms in total. The van der Waals surface area contributed by atoms with Crippen LogP contribution in [0.15, 0.2) is 12.1 Å². The summed E-state index contributed by atoms with van der Waals surface area (Å²) in [6.07, 6.45) is 0.936. The largest absolute Gasteiger partial charge is 0.490 e. The van der Waals surface area contributed by atoms with E-state index in [0.29, 0.717) is 68.6 Å². The fraction of sp³-hybridized carbons (Fsp3) is 0.650. The predicted molar refractivity (Wildman–Crippen MR) is 108 cm³/mol. The summed E-state index contributed by atoms with van der Waals surface area (Å²) in [5, 5.41) is -0.361. The molecule has 0 saturated carbocycles. The highest BCUT2D eigenvalue weighted by molar-refractivity contribution is 7.92. The van der Waals surface area contributed by atoms with Crippen molar-refractivity contribution < 1.29 is 27.4 Å². The number of likely N-dealkylation sites (tertiary alicyclic amines) is 1.